The lowest BCUT2D eigenvalue weighted by atomic mass is 10.0. The van der Waals surface area contributed by atoms with Gasteiger partial charge in [0.25, 0.3) is 0 Å². The summed E-state index contributed by atoms with van der Waals surface area (Å²) < 4.78 is 12.8. The summed E-state index contributed by atoms with van der Waals surface area (Å²) in [5, 5.41) is 2.15. The lowest BCUT2D eigenvalue weighted by Crippen LogP contribution is -2.03. The first-order valence-corrected chi connectivity index (χ1v) is 22.5. The molecule has 0 N–H and O–H groups in total. The standard InChI is InChI=1S/C53H59N3O2S/c1-4-7-9-11-13-19-34-57-51-40-45(52(39-42(51)6-3)58-35-20-14-12-10-8-5-2)29-30-53-44(31-36-59-53)28-25-41-23-26-43(27-24-41)46-37-49(47-21-15-17-32-54-47)56-50(38-46)48-22-16-18-33-55-48/h6,15-18,21-33,36-40H,3-5,7-14,19-20,34-35H2,1-2H3/b28-25+,30-29+. The molecule has 304 valence electrons. The molecule has 0 saturated carbocycles. The first kappa shape index (κ1) is 43.0. The number of nitrogens with zero attached hydrogens (tertiary/aromatic N) is 3. The molecule has 0 unspecified atom stereocenters. The maximum absolute atomic E-state index is 6.45. The van der Waals surface area contributed by atoms with Crippen LogP contribution in [0.1, 0.15) is 118 Å². The number of ether oxygens (including phenoxy) is 2. The monoisotopic (exact) mass is 801 g/mol. The zero-order valence-corrected chi connectivity index (χ0v) is 35.8. The van der Waals surface area contributed by atoms with Crippen LogP contribution in [0.15, 0.2) is 115 Å². The summed E-state index contributed by atoms with van der Waals surface area (Å²) in [4.78, 5) is 15.3. The zero-order chi connectivity index (χ0) is 40.9. The van der Waals surface area contributed by atoms with Gasteiger partial charge in [-0.05, 0) is 107 Å². The number of benzene rings is 2. The molecule has 6 heteroatoms. The van der Waals surface area contributed by atoms with Crippen molar-refractivity contribution < 1.29 is 9.47 Å². The van der Waals surface area contributed by atoms with Gasteiger partial charge in [0.1, 0.15) is 11.5 Å². The second-order valence-electron chi connectivity index (χ2n) is 14.9. The summed E-state index contributed by atoms with van der Waals surface area (Å²) in [6.07, 6.45) is 29.0. The van der Waals surface area contributed by atoms with E-state index in [-0.39, 0.29) is 0 Å². The molecule has 4 heterocycles. The summed E-state index contributed by atoms with van der Waals surface area (Å²) in [5.41, 5.74) is 9.74. The van der Waals surface area contributed by atoms with Crippen molar-refractivity contribution in [3.05, 3.63) is 142 Å². The third-order valence-electron chi connectivity index (χ3n) is 10.4. The molecule has 2 aromatic carbocycles. The predicted molar refractivity (Wildman–Crippen MR) is 253 cm³/mol. The van der Waals surface area contributed by atoms with Gasteiger partial charge >= 0.3 is 0 Å². The van der Waals surface area contributed by atoms with Crippen LogP contribution in [0.4, 0.5) is 0 Å². The van der Waals surface area contributed by atoms with Gasteiger partial charge in [-0.1, -0.05) is 139 Å². The fraction of sp³-hybridized carbons (Fsp3) is 0.302. The smallest absolute Gasteiger partial charge is 0.127 e. The van der Waals surface area contributed by atoms with E-state index in [0.29, 0.717) is 13.2 Å². The van der Waals surface area contributed by atoms with Gasteiger partial charge < -0.3 is 9.47 Å². The Balaban J connectivity index is 1.17. The number of thiophene rings is 1. The van der Waals surface area contributed by atoms with Gasteiger partial charge in [-0.25, -0.2) is 4.98 Å². The molecule has 0 radical (unpaired) electrons. The molecule has 6 aromatic rings. The van der Waals surface area contributed by atoms with Crippen molar-refractivity contribution in [1.82, 2.24) is 15.0 Å². The van der Waals surface area contributed by atoms with Crippen molar-refractivity contribution in [3.63, 3.8) is 0 Å². The molecule has 0 saturated heterocycles. The lowest BCUT2D eigenvalue weighted by Gasteiger charge is -2.15. The Hall–Kier alpha value is -5.59. The normalized spacial score (nSPS) is 11.4. The maximum Gasteiger partial charge on any atom is 0.127 e. The number of aromatic nitrogens is 3. The molecule has 0 spiro atoms. The summed E-state index contributed by atoms with van der Waals surface area (Å²) in [6.45, 7) is 10.0. The average molecular weight is 802 g/mol. The van der Waals surface area contributed by atoms with Crippen molar-refractivity contribution >= 4 is 41.7 Å². The Labute approximate surface area is 356 Å². The Morgan fingerprint density at radius 1 is 0.525 bits per heavy atom. The minimum absolute atomic E-state index is 0.700. The fourth-order valence-corrected chi connectivity index (χ4v) is 7.77. The first-order valence-electron chi connectivity index (χ1n) is 21.6. The summed E-state index contributed by atoms with van der Waals surface area (Å²) >= 11 is 1.73. The number of hydrogen-bond acceptors (Lipinski definition) is 6. The molecule has 0 aliphatic rings. The van der Waals surface area contributed by atoms with E-state index in [1.54, 1.807) is 23.7 Å². The second kappa shape index (κ2) is 23.7. The predicted octanol–water partition coefficient (Wildman–Crippen LogP) is 15.4. The van der Waals surface area contributed by atoms with Gasteiger partial charge in [-0.2, -0.15) is 0 Å². The minimum atomic E-state index is 0.700. The molecule has 4 aromatic heterocycles. The number of rotatable bonds is 24. The van der Waals surface area contributed by atoms with Crippen LogP contribution in [0.2, 0.25) is 0 Å². The molecule has 5 nitrogen and oxygen atoms in total. The highest BCUT2D eigenvalue weighted by molar-refractivity contribution is 7.11. The SMILES string of the molecule is C=Cc1cc(OCCCCCCCC)c(/C=C/c2sccc2/C=C/c2ccc(-c3cc(-c4ccccn4)nc(-c4ccccn4)c3)cc2)cc1OCCCCCCCC. The van der Waals surface area contributed by atoms with Crippen LogP contribution in [0.5, 0.6) is 11.5 Å². The van der Waals surface area contributed by atoms with E-state index >= 15 is 0 Å². The molecule has 6 rings (SSSR count). The first-order chi connectivity index (χ1) is 29.1. The van der Waals surface area contributed by atoms with E-state index in [1.165, 1.54) is 74.6 Å². The molecule has 0 aliphatic carbocycles. The number of hydrogen-bond donors (Lipinski definition) is 0. The Morgan fingerprint density at radius 3 is 1.66 bits per heavy atom. The van der Waals surface area contributed by atoms with E-state index in [1.807, 2.05) is 42.5 Å². The van der Waals surface area contributed by atoms with Crippen molar-refractivity contribution in [3.8, 4) is 45.4 Å². The average Bonchev–Trinajstić information content (AvgIpc) is 3.75. The quantitative estimate of drug-likeness (QED) is 0.0571. The lowest BCUT2D eigenvalue weighted by molar-refractivity contribution is 0.295. The molecule has 59 heavy (non-hydrogen) atoms. The molecular formula is C53H59N3O2S. The van der Waals surface area contributed by atoms with Crippen LogP contribution < -0.4 is 9.47 Å². The summed E-state index contributed by atoms with van der Waals surface area (Å²) in [7, 11) is 0. The Kier molecular flexibility index (Phi) is 17.3. The van der Waals surface area contributed by atoms with Gasteiger partial charge in [0.05, 0.1) is 36.0 Å². The van der Waals surface area contributed by atoms with Crippen molar-refractivity contribution in [2.45, 2.75) is 90.9 Å². The molecule has 0 bridgehead atoms. The maximum atomic E-state index is 6.45. The van der Waals surface area contributed by atoms with E-state index in [0.717, 1.165) is 74.9 Å². The van der Waals surface area contributed by atoms with Gasteiger partial charge in [0.15, 0.2) is 0 Å². The Bertz CT molecular complexity index is 2170. The van der Waals surface area contributed by atoms with Crippen molar-refractivity contribution in [2.24, 2.45) is 0 Å². The molecule has 0 amide bonds. The highest BCUT2D eigenvalue weighted by Crippen LogP contribution is 2.34. The zero-order valence-electron chi connectivity index (χ0n) is 35.0. The van der Waals surface area contributed by atoms with Crippen LogP contribution in [0.3, 0.4) is 0 Å². The van der Waals surface area contributed by atoms with Crippen LogP contribution in [0, 0.1) is 0 Å². The summed E-state index contributed by atoms with van der Waals surface area (Å²) in [5.74, 6) is 1.74. The van der Waals surface area contributed by atoms with Gasteiger partial charge in [-0.3, -0.25) is 9.97 Å². The molecule has 0 atom stereocenters. The fourth-order valence-electron chi connectivity index (χ4n) is 6.99. The highest BCUT2D eigenvalue weighted by atomic mass is 32.1. The van der Waals surface area contributed by atoms with Crippen LogP contribution in [-0.4, -0.2) is 28.2 Å². The van der Waals surface area contributed by atoms with E-state index in [9.17, 15) is 0 Å². The highest BCUT2D eigenvalue weighted by Gasteiger charge is 2.12. The third-order valence-corrected chi connectivity index (χ3v) is 11.3. The number of unbranched alkanes of at least 4 members (excludes halogenated alkanes) is 10. The van der Waals surface area contributed by atoms with Gasteiger partial charge in [0.2, 0.25) is 0 Å². The van der Waals surface area contributed by atoms with Gasteiger partial charge in [-0.15, -0.1) is 11.3 Å². The third kappa shape index (κ3) is 13.2. The Morgan fingerprint density at radius 2 is 1.08 bits per heavy atom. The minimum Gasteiger partial charge on any atom is -0.493 e. The molecule has 0 fully saturated rings. The summed E-state index contributed by atoms with van der Waals surface area (Å²) in [6, 6.07) is 31.1. The second-order valence-corrected chi connectivity index (χ2v) is 15.9. The molecular weight excluding hydrogens is 743 g/mol. The van der Waals surface area contributed by atoms with Crippen LogP contribution in [-0.2, 0) is 0 Å². The van der Waals surface area contributed by atoms with E-state index < -0.39 is 0 Å². The van der Waals surface area contributed by atoms with Crippen molar-refractivity contribution in [1.29, 1.82) is 0 Å². The topological polar surface area (TPSA) is 57.1 Å². The van der Waals surface area contributed by atoms with Crippen LogP contribution >= 0.6 is 11.3 Å². The van der Waals surface area contributed by atoms with Crippen LogP contribution in [0.25, 0.3) is 64.3 Å². The number of pyridine rings is 3. The van der Waals surface area contributed by atoms with E-state index in [4.69, 9.17) is 14.5 Å². The molecule has 0 aliphatic heterocycles. The van der Waals surface area contributed by atoms with E-state index in [2.05, 4.69) is 115 Å². The van der Waals surface area contributed by atoms with Crippen molar-refractivity contribution in [2.75, 3.05) is 13.2 Å². The largest absolute Gasteiger partial charge is 0.493 e. The van der Waals surface area contributed by atoms with Gasteiger partial charge in [0, 0.05) is 28.4 Å².